The van der Waals surface area contributed by atoms with Crippen LogP contribution < -0.4 is 16.0 Å². The van der Waals surface area contributed by atoms with Gasteiger partial charge in [-0.2, -0.15) is 0 Å². The monoisotopic (exact) mass is 343 g/mol. The zero-order valence-corrected chi connectivity index (χ0v) is 13.5. The number of carbonyl (C=O) groups is 3. The lowest BCUT2D eigenvalue weighted by Gasteiger charge is -2.09. The first-order chi connectivity index (χ1) is 11.0. The Hall–Kier alpha value is -2.32. The molecule has 0 aliphatic carbocycles. The number of anilines is 1. The summed E-state index contributed by atoms with van der Waals surface area (Å²) in [7, 11) is 2.75. The minimum Gasteiger partial charge on any atom is -0.465 e. The maximum absolute atomic E-state index is 11.6. The van der Waals surface area contributed by atoms with Crippen molar-refractivity contribution in [3.8, 4) is 0 Å². The van der Waals surface area contributed by atoms with Crippen LogP contribution in [-0.4, -0.2) is 51.8 Å². The van der Waals surface area contributed by atoms with Crippen molar-refractivity contribution in [3.05, 3.63) is 28.8 Å². The lowest BCUT2D eigenvalue weighted by Crippen LogP contribution is -2.42. The number of nitrogens with one attached hydrogen (secondary N) is 3. The van der Waals surface area contributed by atoms with Gasteiger partial charge in [-0.3, -0.25) is 10.1 Å². The van der Waals surface area contributed by atoms with Crippen molar-refractivity contribution in [2.45, 2.75) is 0 Å². The van der Waals surface area contributed by atoms with Gasteiger partial charge in [-0.25, -0.2) is 9.59 Å². The van der Waals surface area contributed by atoms with Gasteiger partial charge in [0.25, 0.3) is 0 Å². The normalized spacial score (nSPS) is 9.87. The van der Waals surface area contributed by atoms with Crippen LogP contribution in [0.5, 0.6) is 0 Å². The summed E-state index contributed by atoms with van der Waals surface area (Å²) < 4.78 is 9.37. The maximum Gasteiger partial charge on any atom is 0.339 e. The highest BCUT2D eigenvalue weighted by atomic mass is 35.5. The first-order valence-corrected chi connectivity index (χ1v) is 7.04. The summed E-state index contributed by atoms with van der Waals surface area (Å²) >= 11 is 5.89. The van der Waals surface area contributed by atoms with Crippen LogP contribution in [0.2, 0.25) is 5.02 Å². The predicted octanol–water partition coefficient (Wildman–Crippen LogP) is 1.01. The molecular weight excluding hydrogens is 326 g/mol. The molecule has 0 unspecified atom stereocenters. The summed E-state index contributed by atoms with van der Waals surface area (Å²) in [5.41, 5.74) is 0.668. The summed E-state index contributed by atoms with van der Waals surface area (Å²) in [5.74, 6) is -1.12. The standard InChI is InChI=1S/C14H18ClN3O5/c1-22-6-5-16-14(21)18-12(19)8-17-9-3-4-11(15)10(7-9)13(20)23-2/h3-4,7,17H,5-6,8H2,1-2H3,(H2,16,18,19,21). The number of hydrogen-bond donors (Lipinski definition) is 3. The van der Waals surface area contributed by atoms with Crippen molar-refractivity contribution in [2.24, 2.45) is 0 Å². The van der Waals surface area contributed by atoms with Crippen LogP contribution in [0.25, 0.3) is 0 Å². The molecule has 1 aromatic rings. The minimum absolute atomic E-state index is 0.153. The third kappa shape index (κ3) is 6.54. The van der Waals surface area contributed by atoms with Gasteiger partial charge in [0.2, 0.25) is 5.91 Å². The number of ether oxygens (including phenoxy) is 2. The fraction of sp³-hybridized carbons (Fsp3) is 0.357. The summed E-state index contributed by atoms with van der Waals surface area (Å²) in [6.07, 6.45) is 0. The first-order valence-electron chi connectivity index (χ1n) is 6.66. The van der Waals surface area contributed by atoms with Crippen LogP contribution in [0.3, 0.4) is 0 Å². The number of urea groups is 1. The van der Waals surface area contributed by atoms with Gasteiger partial charge >= 0.3 is 12.0 Å². The second kappa shape index (κ2) is 9.65. The van der Waals surface area contributed by atoms with Crippen molar-refractivity contribution >= 4 is 35.2 Å². The van der Waals surface area contributed by atoms with Crippen LogP contribution in [0.4, 0.5) is 10.5 Å². The number of halogens is 1. The van der Waals surface area contributed by atoms with E-state index in [0.717, 1.165) is 0 Å². The molecule has 0 aromatic heterocycles. The van der Waals surface area contributed by atoms with Crippen LogP contribution in [0, 0.1) is 0 Å². The van der Waals surface area contributed by atoms with Gasteiger partial charge in [-0.05, 0) is 18.2 Å². The van der Waals surface area contributed by atoms with Gasteiger partial charge in [0.05, 0.1) is 30.8 Å². The second-order valence-electron chi connectivity index (χ2n) is 4.34. The zero-order valence-electron chi connectivity index (χ0n) is 12.8. The van der Waals surface area contributed by atoms with Crippen molar-refractivity contribution in [1.29, 1.82) is 0 Å². The highest BCUT2D eigenvalue weighted by molar-refractivity contribution is 6.33. The fourth-order valence-corrected chi connectivity index (χ4v) is 1.76. The lowest BCUT2D eigenvalue weighted by atomic mass is 10.2. The number of imide groups is 1. The van der Waals surface area contributed by atoms with Crippen molar-refractivity contribution in [1.82, 2.24) is 10.6 Å². The van der Waals surface area contributed by atoms with Crippen LogP contribution in [0.1, 0.15) is 10.4 Å². The number of carbonyl (C=O) groups excluding carboxylic acids is 3. The van der Waals surface area contributed by atoms with E-state index in [1.165, 1.54) is 26.4 Å². The first kappa shape index (κ1) is 18.7. The molecule has 0 radical (unpaired) electrons. The molecule has 126 valence electrons. The molecule has 0 saturated carbocycles. The quantitative estimate of drug-likeness (QED) is 0.504. The molecular formula is C14H18ClN3O5. The van der Waals surface area contributed by atoms with Gasteiger partial charge < -0.3 is 20.1 Å². The minimum atomic E-state index is -0.611. The van der Waals surface area contributed by atoms with Gasteiger partial charge in [-0.15, -0.1) is 0 Å². The number of rotatable bonds is 7. The Kier molecular flexibility index (Phi) is 7.86. The fourth-order valence-electron chi connectivity index (χ4n) is 1.57. The molecule has 1 aromatic carbocycles. The molecule has 0 atom stereocenters. The smallest absolute Gasteiger partial charge is 0.339 e. The van der Waals surface area contributed by atoms with Gasteiger partial charge in [-0.1, -0.05) is 11.6 Å². The van der Waals surface area contributed by atoms with E-state index in [4.69, 9.17) is 16.3 Å². The van der Waals surface area contributed by atoms with E-state index in [-0.39, 0.29) is 17.1 Å². The largest absolute Gasteiger partial charge is 0.465 e. The third-order valence-electron chi connectivity index (χ3n) is 2.67. The average Bonchev–Trinajstić information content (AvgIpc) is 2.53. The SMILES string of the molecule is COCCNC(=O)NC(=O)CNc1ccc(Cl)c(C(=O)OC)c1. The van der Waals surface area contributed by atoms with E-state index in [9.17, 15) is 14.4 Å². The van der Waals surface area contributed by atoms with E-state index >= 15 is 0 Å². The number of hydrogen-bond acceptors (Lipinski definition) is 6. The molecule has 0 fully saturated rings. The Balaban J connectivity index is 2.50. The molecule has 0 heterocycles. The van der Waals surface area contributed by atoms with E-state index < -0.39 is 17.9 Å². The molecule has 0 saturated heterocycles. The summed E-state index contributed by atoms with van der Waals surface area (Å²) in [4.78, 5) is 34.5. The Morgan fingerprint density at radius 2 is 1.96 bits per heavy atom. The van der Waals surface area contributed by atoms with Crippen molar-refractivity contribution in [3.63, 3.8) is 0 Å². The number of benzene rings is 1. The maximum atomic E-state index is 11.6. The predicted molar refractivity (Wildman–Crippen MR) is 84.7 cm³/mol. The zero-order chi connectivity index (χ0) is 17.2. The van der Waals surface area contributed by atoms with Crippen LogP contribution in [-0.2, 0) is 14.3 Å². The number of amides is 3. The van der Waals surface area contributed by atoms with E-state index in [2.05, 4.69) is 20.7 Å². The lowest BCUT2D eigenvalue weighted by molar-refractivity contribution is -0.118. The molecule has 1 rings (SSSR count). The van der Waals surface area contributed by atoms with E-state index in [1.807, 2.05) is 0 Å². The summed E-state index contributed by atoms with van der Waals surface area (Å²) in [5, 5.41) is 7.61. The van der Waals surface area contributed by atoms with Gasteiger partial charge in [0.15, 0.2) is 0 Å². The molecule has 0 bridgehead atoms. The highest BCUT2D eigenvalue weighted by Crippen LogP contribution is 2.21. The molecule has 0 aliphatic heterocycles. The van der Waals surface area contributed by atoms with Crippen molar-refractivity contribution in [2.75, 3.05) is 39.2 Å². The average molecular weight is 344 g/mol. The highest BCUT2D eigenvalue weighted by Gasteiger charge is 2.12. The number of methoxy groups -OCH3 is 2. The molecule has 3 N–H and O–H groups in total. The topological polar surface area (TPSA) is 106 Å². The third-order valence-corrected chi connectivity index (χ3v) is 3.00. The molecule has 0 aliphatic rings. The molecule has 3 amide bonds. The summed E-state index contributed by atoms with van der Waals surface area (Å²) in [6.45, 7) is 0.490. The molecule has 9 heteroatoms. The summed E-state index contributed by atoms with van der Waals surface area (Å²) in [6, 6.07) is 3.95. The van der Waals surface area contributed by atoms with Crippen LogP contribution in [0.15, 0.2) is 18.2 Å². The molecule has 0 spiro atoms. The van der Waals surface area contributed by atoms with Gasteiger partial charge in [0.1, 0.15) is 0 Å². The molecule has 8 nitrogen and oxygen atoms in total. The van der Waals surface area contributed by atoms with Crippen LogP contribution >= 0.6 is 11.6 Å². The van der Waals surface area contributed by atoms with Gasteiger partial charge in [0, 0.05) is 19.3 Å². The Morgan fingerprint density at radius 3 is 2.61 bits per heavy atom. The second-order valence-corrected chi connectivity index (χ2v) is 4.74. The number of esters is 1. The Morgan fingerprint density at radius 1 is 1.22 bits per heavy atom. The van der Waals surface area contributed by atoms with Crippen molar-refractivity contribution < 1.29 is 23.9 Å². The Bertz CT molecular complexity index is 580. The van der Waals surface area contributed by atoms with E-state index in [0.29, 0.717) is 18.8 Å². The Labute approximate surface area is 138 Å². The van der Waals surface area contributed by atoms with E-state index in [1.54, 1.807) is 6.07 Å². The molecule has 23 heavy (non-hydrogen) atoms.